The number of para-hydroxylation sites is 1. The molecule has 2 aromatic carbocycles. The van der Waals surface area contributed by atoms with Crippen molar-refractivity contribution in [1.29, 1.82) is 0 Å². The second-order valence-electron chi connectivity index (χ2n) is 4.69. The maximum atomic E-state index is 10.6. The monoisotopic (exact) mass is 240 g/mol. The fourth-order valence-electron chi connectivity index (χ4n) is 2.52. The van der Waals surface area contributed by atoms with Crippen molar-refractivity contribution in [3.05, 3.63) is 64.7 Å². The van der Waals surface area contributed by atoms with Crippen molar-refractivity contribution >= 4 is 0 Å². The van der Waals surface area contributed by atoms with Gasteiger partial charge in [-0.3, -0.25) is 0 Å². The summed E-state index contributed by atoms with van der Waals surface area (Å²) in [7, 11) is 0. The summed E-state index contributed by atoms with van der Waals surface area (Å²) in [6.07, 6.45) is 0.322. The summed E-state index contributed by atoms with van der Waals surface area (Å²) >= 11 is 0. The molecule has 0 saturated carbocycles. The molecule has 2 aromatic rings. The van der Waals surface area contributed by atoms with E-state index in [1.54, 1.807) is 0 Å². The second kappa shape index (κ2) is 4.46. The van der Waals surface area contributed by atoms with Crippen molar-refractivity contribution < 1.29 is 9.84 Å². The van der Waals surface area contributed by atoms with Gasteiger partial charge in [0.15, 0.2) is 0 Å². The van der Waals surface area contributed by atoms with Crippen LogP contribution in [0.2, 0.25) is 0 Å². The van der Waals surface area contributed by atoms with Gasteiger partial charge in [0.2, 0.25) is 0 Å². The average molecular weight is 240 g/mol. The van der Waals surface area contributed by atoms with Crippen LogP contribution in [0.15, 0.2) is 42.5 Å². The van der Waals surface area contributed by atoms with Crippen molar-refractivity contribution in [2.24, 2.45) is 0 Å². The minimum absolute atomic E-state index is 0.612. The lowest BCUT2D eigenvalue weighted by Gasteiger charge is -2.16. The molecule has 1 heterocycles. The van der Waals surface area contributed by atoms with Crippen molar-refractivity contribution in [3.8, 4) is 5.75 Å². The van der Waals surface area contributed by atoms with Gasteiger partial charge in [-0.1, -0.05) is 42.5 Å². The number of hydrogen-bond acceptors (Lipinski definition) is 2. The van der Waals surface area contributed by atoms with E-state index in [2.05, 4.69) is 6.07 Å². The third-order valence-electron chi connectivity index (χ3n) is 3.52. The van der Waals surface area contributed by atoms with Crippen LogP contribution < -0.4 is 4.74 Å². The second-order valence-corrected chi connectivity index (χ2v) is 4.69. The smallest absolute Gasteiger partial charge is 0.128 e. The van der Waals surface area contributed by atoms with E-state index in [4.69, 9.17) is 4.74 Å². The zero-order valence-electron chi connectivity index (χ0n) is 10.4. The number of aryl methyl sites for hydroxylation is 1. The number of rotatable bonds is 2. The van der Waals surface area contributed by atoms with Gasteiger partial charge < -0.3 is 9.84 Å². The molecule has 1 atom stereocenters. The van der Waals surface area contributed by atoms with Gasteiger partial charge in [-0.05, 0) is 23.6 Å². The molecule has 3 rings (SSSR count). The summed E-state index contributed by atoms with van der Waals surface area (Å²) in [5, 5.41) is 10.6. The van der Waals surface area contributed by atoms with Gasteiger partial charge in [0.1, 0.15) is 11.9 Å². The lowest BCUT2D eigenvalue weighted by molar-refractivity contribution is 0.213. The molecule has 0 spiro atoms. The molecule has 92 valence electrons. The number of hydrogen-bond donors (Lipinski definition) is 1. The van der Waals surface area contributed by atoms with E-state index in [0.29, 0.717) is 6.61 Å². The van der Waals surface area contributed by atoms with Crippen molar-refractivity contribution in [2.75, 3.05) is 6.61 Å². The van der Waals surface area contributed by atoms with Gasteiger partial charge in [-0.25, -0.2) is 0 Å². The Kier molecular flexibility index (Phi) is 2.80. The highest BCUT2D eigenvalue weighted by atomic mass is 16.5. The summed E-state index contributed by atoms with van der Waals surface area (Å²) in [6.45, 7) is 2.73. The van der Waals surface area contributed by atoms with E-state index in [1.807, 2.05) is 43.3 Å². The molecule has 0 saturated heterocycles. The van der Waals surface area contributed by atoms with E-state index < -0.39 is 6.10 Å². The lowest BCUT2D eigenvalue weighted by atomic mass is 9.95. The van der Waals surface area contributed by atoms with Gasteiger partial charge in [0.25, 0.3) is 0 Å². The van der Waals surface area contributed by atoms with Crippen LogP contribution in [0.25, 0.3) is 0 Å². The molecular formula is C16H16O2. The highest BCUT2D eigenvalue weighted by Crippen LogP contribution is 2.36. The number of aliphatic hydroxyl groups is 1. The first-order valence-corrected chi connectivity index (χ1v) is 6.25. The summed E-state index contributed by atoms with van der Waals surface area (Å²) < 4.78 is 5.65. The summed E-state index contributed by atoms with van der Waals surface area (Å²) in [4.78, 5) is 0. The number of ether oxygens (including phenoxy) is 1. The van der Waals surface area contributed by atoms with Crippen LogP contribution in [0.1, 0.15) is 28.4 Å². The predicted molar refractivity (Wildman–Crippen MR) is 70.9 cm³/mol. The van der Waals surface area contributed by atoms with Crippen molar-refractivity contribution in [2.45, 2.75) is 19.4 Å². The zero-order valence-corrected chi connectivity index (χ0v) is 10.4. The minimum Gasteiger partial charge on any atom is -0.493 e. The van der Waals surface area contributed by atoms with Crippen LogP contribution in [0, 0.1) is 6.92 Å². The number of benzene rings is 2. The Bertz CT molecular complexity index is 575. The molecule has 18 heavy (non-hydrogen) atoms. The molecule has 1 aliphatic rings. The van der Waals surface area contributed by atoms with E-state index in [0.717, 1.165) is 28.9 Å². The molecule has 0 fully saturated rings. The van der Waals surface area contributed by atoms with Crippen LogP contribution in [-0.2, 0) is 6.42 Å². The molecule has 2 heteroatoms. The molecular weight excluding hydrogens is 224 g/mol. The number of aliphatic hydroxyl groups excluding tert-OH is 1. The molecule has 0 bridgehead atoms. The van der Waals surface area contributed by atoms with E-state index >= 15 is 0 Å². The Labute approximate surface area is 107 Å². The first kappa shape index (κ1) is 11.3. The Morgan fingerprint density at radius 2 is 1.83 bits per heavy atom. The van der Waals surface area contributed by atoms with Gasteiger partial charge in [-0.2, -0.15) is 0 Å². The molecule has 1 N–H and O–H groups in total. The minimum atomic E-state index is -0.612. The Morgan fingerprint density at radius 1 is 1.06 bits per heavy atom. The lowest BCUT2D eigenvalue weighted by Crippen LogP contribution is -2.03. The standard InChI is InChI=1S/C16H16O2/c1-11-5-2-3-7-13(11)15(17)14-8-4-6-12-9-10-18-16(12)14/h2-8,15,17H,9-10H2,1H3. The molecule has 0 aromatic heterocycles. The van der Waals surface area contributed by atoms with Crippen molar-refractivity contribution in [1.82, 2.24) is 0 Å². The first-order chi connectivity index (χ1) is 8.77. The summed E-state index contributed by atoms with van der Waals surface area (Å²) in [5.41, 5.74) is 4.11. The average Bonchev–Trinajstić information content (AvgIpc) is 2.86. The third kappa shape index (κ3) is 1.79. The largest absolute Gasteiger partial charge is 0.493 e. The zero-order chi connectivity index (χ0) is 12.5. The maximum absolute atomic E-state index is 10.6. The van der Waals surface area contributed by atoms with Crippen LogP contribution in [0.4, 0.5) is 0 Å². The Hall–Kier alpha value is -1.80. The van der Waals surface area contributed by atoms with Crippen molar-refractivity contribution in [3.63, 3.8) is 0 Å². The Balaban J connectivity index is 2.06. The molecule has 1 aliphatic heterocycles. The van der Waals surface area contributed by atoms with Crippen LogP contribution in [-0.4, -0.2) is 11.7 Å². The fourth-order valence-corrected chi connectivity index (χ4v) is 2.52. The quantitative estimate of drug-likeness (QED) is 0.874. The maximum Gasteiger partial charge on any atom is 0.128 e. The Morgan fingerprint density at radius 3 is 2.67 bits per heavy atom. The molecule has 0 amide bonds. The molecule has 1 unspecified atom stereocenters. The van der Waals surface area contributed by atoms with Crippen LogP contribution in [0.5, 0.6) is 5.75 Å². The van der Waals surface area contributed by atoms with Gasteiger partial charge >= 0.3 is 0 Å². The van der Waals surface area contributed by atoms with Crippen LogP contribution in [0.3, 0.4) is 0 Å². The van der Waals surface area contributed by atoms with E-state index in [1.165, 1.54) is 5.56 Å². The molecule has 0 aliphatic carbocycles. The fraction of sp³-hybridized carbons (Fsp3) is 0.250. The van der Waals surface area contributed by atoms with E-state index in [9.17, 15) is 5.11 Å². The van der Waals surface area contributed by atoms with Gasteiger partial charge in [-0.15, -0.1) is 0 Å². The third-order valence-corrected chi connectivity index (χ3v) is 3.52. The normalized spacial score (nSPS) is 15.0. The highest BCUT2D eigenvalue weighted by Gasteiger charge is 2.22. The summed E-state index contributed by atoms with van der Waals surface area (Å²) in [5.74, 6) is 0.869. The topological polar surface area (TPSA) is 29.5 Å². The van der Waals surface area contributed by atoms with Crippen LogP contribution >= 0.6 is 0 Å². The SMILES string of the molecule is Cc1ccccc1C(O)c1cccc2c1OCC2. The highest BCUT2D eigenvalue weighted by molar-refractivity contribution is 5.48. The van der Waals surface area contributed by atoms with Gasteiger partial charge in [0.05, 0.1) is 6.61 Å². The summed E-state index contributed by atoms with van der Waals surface area (Å²) in [6, 6.07) is 13.9. The molecule has 2 nitrogen and oxygen atoms in total. The predicted octanol–water partition coefficient (Wildman–Crippen LogP) is 3.01. The number of fused-ring (bicyclic) bond motifs is 1. The van der Waals surface area contributed by atoms with Gasteiger partial charge in [0, 0.05) is 12.0 Å². The van der Waals surface area contributed by atoms with E-state index in [-0.39, 0.29) is 0 Å². The molecule has 0 radical (unpaired) electrons. The first-order valence-electron chi connectivity index (χ1n) is 6.25.